The third-order valence-corrected chi connectivity index (χ3v) is 5.11. The molecule has 1 aliphatic heterocycles. The molecule has 1 atom stereocenters. The predicted octanol–water partition coefficient (Wildman–Crippen LogP) is 3.06. The van der Waals surface area contributed by atoms with Crippen molar-refractivity contribution in [1.82, 2.24) is 19.4 Å². The first kappa shape index (κ1) is 19.1. The molecule has 3 heterocycles. The lowest BCUT2D eigenvalue weighted by molar-refractivity contribution is 0.0677. The number of carbonyl (C=O) groups is 1. The highest BCUT2D eigenvalue weighted by atomic mass is 16.5. The van der Waals surface area contributed by atoms with Crippen molar-refractivity contribution in [3.05, 3.63) is 64.8 Å². The minimum Gasteiger partial charge on any atom is -0.475 e. The van der Waals surface area contributed by atoms with E-state index >= 15 is 0 Å². The van der Waals surface area contributed by atoms with Gasteiger partial charge in [0.25, 0.3) is 11.5 Å². The molecule has 0 unspecified atom stereocenters. The molecule has 0 spiro atoms. The first-order valence-corrected chi connectivity index (χ1v) is 9.91. The fraction of sp³-hybridized carbons (Fsp3) is 0.364. The highest BCUT2D eigenvalue weighted by Gasteiger charge is 2.26. The topological polar surface area (TPSA) is 77.3 Å². The largest absolute Gasteiger partial charge is 0.475 e. The van der Waals surface area contributed by atoms with E-state index in [0.29, 0.717) is 35.4 Å². The van der Waals surface area contributed by atoms with Gasteiger partial charge in [-0.25, -0.2) is 9.97 Å². The minimum atomic E-state index is -0.0891. The van der Waals surface area contributed by atoms with Gasteiger partial charge in [-0.3, -0.25) is 14.2 Å². The number of rotatable bonds is 4. The van der Waals surface area contributed by atoms with E-state index in [1.54, 1.807) is 40.2 Å². The van der Waals surface area contributed by atoms with E-state index in [1.165, 1.54) is 0 Å². The van der Waals surface area contributed by atoms with Crippen molar-refractivity contribution in [2.24, 2.45) is 0 Å². The van der Waals surface area contributed by atoms with Gasteiger partial charge in [-0.1, -0.05) is 12.1 Å². The predicted molar refractivity (Wildman–Crippen MR) is 110 cm³/mol. The Morgan fingerprint density at radius 2 is 2.00 bits per heavy atom. The van der Waals surface area contributed by atoms with E-state index in [-0.39, 0.29) is 23.6 Å². The number of para-hydroxylation sites is 1. The van der Waals surface area contributed by atoms with Gasteiger partial charge in [0.2, 0.25) is 5.88 Å². The van der Waals surface area contributed by atoms with Crippen LogP contribution >= 0.6 is 0 Å². The molecular weight excluding hydrogens is 368 g/mol. The summed E-state index contributed by atoms with van der Waals surface area (Å²) in [5.41, 5.74) is 1.14. The molecule has 1 fully saturated rings. The van der Waals surface area contributed by atoms with Crippen LogP contribution in [0.4, 0.5) is 0 Å². The molecule has 150 valence electrons. The van der Waals surface area contributed by atoms with Gasteiger partial charge in [-0.15, -0.1) is 0 Å². The maximum atomic E-state index is 12.9. The lowest BCUT2D eigenvalue weighted by Crippen LogP contribution is -2.43. The third-order valence-electron chi connectivity index (χ3n) is 5.11. The van der Waals surface area contributed by atoms with Gasteiger partial charge in [0.05, 0.1) is 34.9 Å². The Morgan fingerprint density at radius 1 is 1.17 bits per heavy atom. The smallest absolute Gasteiger partial charge is 0.261 e. The molecule has 0 bridgehead atoms. The molecule has 7 nitrogen and oxygen atoms in total. The van der Waals surface area contributed by atoms with Crippen LogP contribution in [0.5, 0.6) is 5.88 Å². The van der Waals surface area contributed by atoms with Gasteiger partial charge in [-0.05, 0) is 44.9 Å². The Bertz CT molecular complexity index is 1080. The molecule has 0 N–H and O–H groups in total. The van der Waals surface area contributed by atoms with Crippen LogP contribution in [-0.4, -0.2) is 44.5 Å². The van der Waals surface area contributed by atoms with E-state index in [4.69, 9.17) is 4.74 Å². The molecule has 4 rings (SSSR count). The molecule has 3 aromatic rings. The summed E-state index contributed by atoms with van der Waals surface area (Å²) < 4.78 is 7.20. The summed E-state index contributed by atoms with van der Waals surface area (Å²) in [6.45, 7) is 4.99. The number of pyridine rings is 1. The first-order chi connectivity index (χ1) is 14.0. The van der Waals surface area contributed by atoms with Crippen molar-refractivity contribution >= 4 is 16.8 Å². The molecule has 0 radical (unpaired) electrons. The van der Waals surface area contributed by atoms with Gasteiger partial charge in [0, 0.05) is 25.4 Å². The number of amides is 1. The van der Waals surface area contributed by atoms with E-state index in [9.17, 15) is 9.59 Å². The van der Waals surface area contributed by atoms with Gasteiger partial charge in [0.15, 0.2) is 0 Å². The quantitative estimate of drug-likeness (QED) is 0.682. The first-order valence-electron chi connectivity index (χ1n) is 9.91. The Morgan fingerprint density at radius 3 is 2.76 bits per heavy atom. The van der Waals surface area contributed by atoms with Gasteiger partial charge >= 0.3 is 0 Å². The van der Waals surface area contributed by atoms with Crippen LogP contribution < -0.4 is 10.3 Å². The summed E-state index contributed by atoms with van der Waals surface area (Å²) in [6.07, 6.45) is 4.85. The molecule has 1 amide bonds. The summed E-state index contributed by atoms with van der Waals surface area (Å²) in [7, 11) is 0. The number of likely N-dealkylation sites (tertiary alicyclic amines) is 1. The van der Waals surface area contributed by atoms with Crippen molar-refractivity contribution in [2.75, 3.05) is 13.1 Å². The molecule has 0 aliphatic carbocycles. The number of carbonyl (C=O) groups excluding carboxylic acids is 1. The number of piperidine rings is 1. The summed E-state index contributed by atoms with van der Waals surface area (Å²) in [6, 6.07) is 10.7. The standard InChI is InChI=1S/C22H24N4O3/c1-15(2)29-20-10-9-16(12-23-20)21(27)25-11-5-6-17(13-25)26-14-24-19-8-4-3-7-18(19)22(26)28/h3-4,7-10,12,14-15,17H,5-6,11,13H2,1-2H3/t17-/m0/s1. The van der Waals surface area contributed by atoms with Crippen LogP contribution in [0.15, 0.2) is 53.7 Å². The zero-order chi connectivity index (χ0) is 20.4. The zero-order valence-electron chi connectivity index (χ0n) is 16.6. The second-order valence-corrected chi connectivity index (χ2v) is 7.57. The monoisotopic (exact) mass is 392 g/mol. The van der Waals surface area contributed by atoms with Crippen LogP contribution in [-0.2, 0) is 0 Å². The van der Waals surface area contributed by atoms with Crippen molar-refractivity contribution in [2.45, 2.75) is 38.8 Å². The number of hydrogen-bond acceptors (Lipinski definition) is 5. The van der Waals surface area contributed by atoms with Crippen molar-refractivity contribution < 1.29 is 9.53 Å². The Hall–Kier alpha value is -3.22. The molecule has 2 aromatic heterocycles. The van der Waals surface area contributed by atoms with E-state index in [1.807, 2.05) is 32.0 Å². The maximum Gasteiger partial charge on any atom is 0.261 e. The molecule has 1 aromatic carbocycles. The lowest BCUT2D eigenvalue weighted by Gasteiger charge is -2.33. The van der Waals surface area contributed by atoms with Gasteiger partial charge in [-0.2, -0.15) is 0 Å². The summed E-state index contributed by atoms with van der Waals surface area (Å²) in [5.74, 6) is 0.418. The Kier molecular flexibility index (Phi) is 5.29. The average Bonchev–Trinajstić information content (AvgIpc) is 2.74. The zero-order valence-corrected chi connectivity index (χ0v) is 16.6. The Balaban J connectivity index is 1.53. The minimum absolute atomic E-state index is 0.0285. The van der Waals surface area contributed by atoms with Crippen LogP contribution in [0.3, 0.4) is 0 Å². The van der Waals surface area contributed by atoms with Gasteiger partial charge < -0.3 is 9.64 Å². The van der Waals surface area contributed by atoms with Crippen molar-refractivity contribution in [3.8, 4) is 5.88 Å². The normalized spacial score (nSPS) is 16.9. The number of hydrogen-bond donors (Lipinski definition) is 0. The number of benzene rings is 1. The van der Waals surface area contributed by atoms with Crippen molar-refractivity contribution in [1.29, 1.82) is 0 Å². The van der Waals surface area contributed by atoms with E-state index in [0.717, 1.165) is 12.8 Å². The van der Waals surface area contributed by atoms with Crippen LogP contribution in [0.2, 0.25) is 0 Å². The van der Waals surface area contributed by atoms with E-state index < -0.39 is 0 Å². The van der Waals surface area contributed by atoms with Crippen LogP contribution in [0.25, 0.3) is 10.9 Å². The van der Waals surface area contributed by atoms with Gasteiger partial charge in [0.1, 0.15) is 0 Å². The van der Waals surface area contributed by atoms with E-state index in [2.05, 4.69) is 9.97 Å². The number of ether oxygens (including phenoxy) is 1. The lowest BCUT2D eigenvalue weighted by atomic mass is 10.0. The fourth-order valence-electron chi connectivity index (χ4n) is 3.71. The summed E-state index contributed by atoms with van der Waals surface area (Å²) in [4.78, 5) is 36.3. The third kappa shape index (κ3) is 3.99. The Labute approximate surface area is 169 Å². The number of nitrogens with zero attached hydrogens (tertiary/aromatic N) is 4. The summed E-state index contributed by atoms with van der Waals surface area (Å²) >= 11 is 0. The molecule has 0 saturated carbocycles. The second kappa shape index (κ2) is 8.03. The highest BCUT2D eigenvalue weighted by Crippen LogP contribution is 2.22. The van der Waals surface area contributed by atoms with Crippen LogP contribution in [0.1, 0.15) is 43.1 Å². The number of fused-ring (bicyclic) bond motifs is 1. The van der Waals surface area contributed by atoms with Crippen LogP contribution in [0, 0.1) is 0 Å². The molecule has 1 aliphatic rings. The molecule has 29 heavy (non-hydrogen) atoms. The second-order valence-electron chi connectivity index (χ2n) is 7.57. The number of aromatic nitrogens is 3. The fourth-order valence-corrected chi connectivity index (χ4v) is 3.71. The molecule has 7 heteroatoms. The summed E-state index contributed by atoms with van der Waals surface area (Å²) in [5, 5.41) is 0.600. The molecule has 1 saturated heterocycles. The van der Waals surface area contributed by atoms with Crippen molar-refractivity contribution in [3.63, 3.8) is 0 Å². The maximum absolute atomic E-state index is 12.9. The average molecular weight is 392 g/mol. The SMILES string of the molecule is CC(C)Oc1ccc(C(=O)N2CCC[C@H](n3cnc4ccccc4c3=O)C2)cn1. The highest BCUT2D eigenvalue weighted by molar-refractivity contribution is 5.94. The molecular formula is C22H24N4O3.